The molecule has 0 aliphatic carbocycles. The van der Waals surface area contributed by atoms with Crippen molar-refractivity contribution in [3.63, 3.8) is 0 Å². The molecule has 0 radical (unpaired) electrons. The predicted octanol–water partition coefficient (Wildman–Crippen LogP) is 2.30. The van der Waals surface area contributed by atoms with Crippen LogP contribution in [0.25, 0.3) is 0 Å². The summed E-state index contributed by atoms with van der Waals surface area (Å²) in [6.45, 7) is 11.6. The zero-order valence-electron chi connectivity index (χ0n) is 11.6. The summed E-state index contributed by atoms with van der Waals surface area (Å²) in [5, 5.41) is 0. The lowest BCUT2D eigenvalue weighted by molar-refractivity contribution is -0.0772. The molecule has 0 N–H and O–H groups in total. The van der Waals surface area contributed by atoms with Gasteiger partial charge >= 0.3 is 0 Å². The molecule has 0 aromatic carbocycles. The van der Waals surface area contributed by atoms with Gasteiger partial charge in [-0.3, -0.25) is 4.90 Å². The Hall–Kier alpha value is -0.120. The lowest BCUT2D eigenvalue weighted by atomic mass is 10.1. The van der Waals surface area contributed by atoms with Gasteiger partial charge in [0, 0.05) is 6.54 Å². The van der Waals surface area contributed by atoms with Crippen LogP contribution in [0.3, 0.4) is 0 Å². The van der Waals surface area contributed by atoms with Crippen LogP contribution in [0.1, 0.15) is 41.0 Å². The standard InChI is InChI=1S/C13H27NO2/c1-9(2)15-11(5)13-12(16-10(3)4)7-8-14(13)6/h9-13H,7-8H2,1-6H3/t11-,12-,13+/m0/s1. The van der Waals surface area contributed by atoms with E-state index >= 15 is 0 Å². The Morgan fingerprint density at radius 2 is 1.69 bits per heavy atom. The molecule has 0 aromatic rings. The normalized spacial score (nSPS) is 29.2. The third-order valence-electron chi connectivity index (χ3n) is 3.07. The number of hydrogen-bond donors (Lipinski definition) is 0. The van der Waals surface area contributed by atoms with Crippen LogP contribution in [0.2, 0.25) is 0 Å². The van der Waals surface area contributed by atoms with E-state index in [-0.39, 0.29) is 12.2 Å². The van der Waals surface area contributed by atoms with Crippen molar-refractivity contribution in [2.45, 2.75) is 71.5 Å². The van der Waals surface area contributed by atoms with Crippen LogP contribution in [0.15, 0.2) is 0 Å². The number of rotatable bonds is 5. The maximum absolute atomic E-state index is 5.98. The first-order valence-corrected chi connectivity index (χ1v) is 6.43. The van der Waals surface area contributed by atoms with E-state index in [0.29, 0.717) is 18.2 Å². The maximum atomic E-state index is 5.98. The molecule has 0 bridgehead atoms. The van der Waals surface area contributed by atoms with Crippen molar-refractivity contribution in [3.8, 4) is 0 Å². The summed E-state index contributed by atoms with van der Waals surface area (Å²) in [5.74, 6) is 0. The molecule has 0 amide bonds. The molecule has 16 heavy (non-hydrogen) atoms. The molecule has 1 fully saturated rings. The molecule has 1 aliphatic heterocycles. The molecular weight excluding hydrogens is 202 g/mol. The molecule has 3 heteroatoms. The van der Waals surface area contributed by atoms with Gasteiger partial charge in [-0.2, -0.15) is 0 Å². The van der Waals surface area contributed by atoms with Crippen LogP contribution in [0.5, 0.6) is 0 Å². The van der Waals surface area contributed by atoms with E-state index in [1.165, 1.54) is 0 Å². The van der Waals surface area contributed by atoms with Gasteiger partial charge in [0.15, 0.2) is 0 Å². The molecule has 0 saturated carbocycles. The molecule has 0 aromatic heterocycles. The second-order valence-corrected chi connectivity index (χ2v) is 5.37. The fourth-order valence-corrected chi connectivity index (χ4v) is 2.60. The lowest BCUT2D eigenvalue weighted by Gasteiger charge is -2.32. The van der Waals surface area contributed by atoms with E-state index in [9.17, 15) is 0 Å². The topological polar surface area (TPSA) is 21.7 Å². The van der Waals surface area contributed by atoms with Crippen LogP contribution < -0.4 is 0 Å². The average Bonchev–Trinajstić information content (AvgIpc) is 2.44. The van der Waals surface area contributed by atoms with E-state index in [1.54, 1.807) is 0 Å². The molecule has 96 valence electrons. The predicted molar refractivity (Wildman–Crippen MR) is 66.7 cm³/mol. The molecule has 1 rings (SSSR count). The zero-order valence-corrected chi connectivity index (χ0v) is 11.6. The summed E-state index contributed by atoms with van der Waals surface area (Å²) in [6, 6.07) is 0.393. The molecular formula is C13H27NO2. The summed E-state index contributed by atoms with van der Waals surface area (Å²) in [7, 11) is 2.16. The number of hydrogen-bond acceptors (Lipinski definition) is 3. The third kappa shape index (κ3) is 3.72. The Morgan fingerprint density at radius 1 is 1.06 bits per heavy atom. The zero-order chi connectivity index (χ0) is 12.3. The van der Waals surface area contributed by atoms with Gasteiger partial charge < -0.3 is 9.47 Å². The molecule has 3 nitrogen and oxygen atoms in total. The molecule has 3 atom stereocenters. The molecule has 0 unspecified atom stereocenters. The first-order chi connectivity index (χ1) is 7.41. The van der Waals surface area contributed by atoms with Gasteiger partial charge in [-0.25, -0.2) is 0 Å². The smallest absolute Gasteiger partial charge is 0.0771 e. The molecule has 1 aliphatic rings. The van der Waals surface area contributed by atoms with Gasteiger partial charge in [0.1, 0.15) is 0 Å². The largest absolute Gasteiger partial charge is 0.374 e. The average molecular weight is 229 g/mol. The van der Waals surface area contributed by atoms with Crippen LogP contribution >= 0.6 is 0 Å². The van der Waals surface area contributed by atoms with Crippen molar-refractivity contribution in [3.05, 3.63) is 0 Å². The van der Waals surface area contributed by atoms with Gasteiger partial charge in [0.05, 0.1) is 30.5 Å². The van der Waals surface area contributed by atoms with Crippen LogP contribution in [-0.4, -0.2) is 49.0 Å². The van der Waals surface area contributed by atoms with Crippen molar-refractivity contribution in [1.29, 1.82) is 0 Å². The van der Waals surface area contributed by atoms with Crippen molar-refractivity contribution in [2.75, 3.05) is 13.6 Å². The van der Waals surface area contributed by atoms with Crippen molar-refractivity contribution >= 4 is 0 Å². The molecule has 1 saturated heterocycles. The van der Waals surface area contributed by atoms with Crippen LogP contribution in [0, 0.1) is 0 Å². The lowest BCUT2D eigenvalue weighted by Crippen LogP contribution is -2.45. The van der Waals surface area contributed by atoms with Gasteiger partial charge in [0.2, 0.25) is 0 Å². The van der Waals surface area contributed by atoms with E-state index in [1.807, 2.05) is 0 Å². The Balaban J connectivity index is 2.58. The highest BCUT2D eigenvalue weighted by atomic mass is 16.5. The van der Waals surface area contributed by atoms with Gasteiger partial charge in [-0.05, 0) is 48.1 Å². The Bertz CT molecular complexity index is 206. The maximum Gasteiger partial charge on any atom is 0.0771 e. The van der Waals surface area contributed by atoms with E-state index in [0.717, 1.165) is 13.0 Å². The number of likely N-dealkylation sites (N-methyl/N-ethyl adjacent to an activating group) is 1. The van der Waals surface area contributed by atoms with Crippen molar-refractivity contribution in [2.24, 2.45) is 0 Å². The SMILES string of the molecule is CC(C)O[C@@H](C)[C@@H]1[C@@H](OC(C)C)CCN1C. The first kappa shape index (κ1) is 13.9. The summed E-state index contributed by atoms with van der Waals surface area (Å²) in [5.41, 5.74) is 0. The number of likely N-dealkylation sites (tertiary alicyclic amines) is 1. The van der Waals surface area contributed by atoms with Crippen molar-refractivity contribution < 1.29 is 9.47 Å². The first-order valence-electron chi connectivity index (χ1n) is 6.43. The summed E-state index contributed by atoms with van der Waals surface area (Å²) in [4.78, 5) is 2.36. The van der Waals surface area contributed by atoms with Crippen LogP contribution in [0.4, 0.5) is 0 Å². The minimum Gasteiger partial charge on any atom is -0.374 e. The quantitative estimate of drug-likeness (QED) is 0.722. The molecule has 1 heterocycles. The highest BCUT2D eigenvalue weighted by molar-refractivity contribution is 4.91. The van der Waals surface area contributed by atoms with Gasteiger partial charge in [-0.1, -0.05) is 0 Å². The van der Waals surface area contributed by atoms with E-state index < -0.39 is 0 Å². The molecule has 0 spiro atoms. The fourth-order valence-electron chi connectivity index (χ4n) is 2.60. The monoisotopic (exact) mass is 229 g/mol. The third-order valence-corrected chi connectivity index (χ3v) is 3.07. The summed E-state index contributed by atoms with van der Waals surface area (Å²) in [6.07, 6.45) is 2.24. The summed E-state index contributed by atoms with van der Waals surface area (Å²) < 4.78 is 11.9. The Morgan fingerprint density at radius 3 is 2.19 bits per heavy atom. The minimum absolute atomic E-state index is 0.233. The number of ether oxygens (including phenoxy) is 2. The summed E-state index contributed by atoms with van der Waals surface area (Å²) >= 11 is 0. The second-order valence-electron chi connectivity index (χ2n) is 5.37. The number of nitrogens with zero attached hydrogens (tertiary/aromatic N) is 1. The van der Waals surface area contributed by atoms with Crippen LogP contribution in [-0.2, 0) is 9.47 Å². The van der Waals surface area contributed by atoms with Gasteiger partial charge in [0.25, 0.3) is 0 Å². The van der Waals surface area contributed by atoms with Gasteiger partial charge in [-0.15, -0.1) is 0 Å². The highest BCUT2D eigenvalue weighted by Gasteiger charge is 2.37. The Kier molecular flexibility index (Phi) is 5.22. The van der Waals surface area contributed by atoms with E-state index in [2.05, 4.69) is 46.6 Å². The van der Waals surface area contributed by atoms with E-state index in [4.69, 9.17) is 9.47 Å². The highest BCUT2D eigenvalue weighted by Crippen LogP contribution is 2.25. The second kappa shape index (κ2) is 5.99. The van der Waals surface area contributed by atoms with Crippen molar-refractivity contribution in [1.82, 2.24) is 4.90 Å². The Labute approximate surface area is 100 Å². The fraction of sp³-hybridized carbons (Fsp3) is 1.00. The minimum atomic E-state index is 0.233.